The molecule has 1 aliphatic heterocycles. The van der Waals surface area contributed by atoms with Crippen LogP contribution in [0.1, 0.15) is 35.4 Å². The molecular formula is C26H30ClN3O2. The van der Waals surface area contributed by atoms with Crippen molar-refractivity contribution in [2.75, 3.05) is 19.6 Å². The van der Waals surface area contributed by atoms with Crippen LogP contribution in [-0.2, 0) is 17.8 Å². The lowest BCUT2D eigenvalue weighted by molar-refractivity contribution is -0.126. The molecule has 4 rings (SSSR count). The van der Waals surface area contributed by atoms with E-state index in [-0.39, 0.29) is 11.8 Å². The number of oxazole rings is 1. The molecule has 0 aliphatic carbocycles. The van der Waals surface area contributed by atoms with Crippen molar-refractivity contribution in [3.63, 3.8) is 0 Å². The number of benzene rings is 2. The highest BCUT2D eigenvalue weighted by Crippen LogP contribution is 2.25. The second-order valence-corrected chi connectivity index (χ2v) is 9.07. The van der Waals surface area contributed by atoms with E-state index in [1.165, 1.54) is 11.1 Å². The van der Waals surface area contributed by atoms with Gasteiger partial charge in [0.05, 0.1) is 11.6 Å². The Bertz CT molecular complexity index is 1040. The van der Waals surface area contributed by atoms with Crippen LogP contribution in [-0.4, -0.2) is 35.4 Å². The molecule has 0 saturated carbocycles. The number of aryl methyl sites for hydroxylation is 2. The summed E-state index contributed by atoms with van der Waals surface area (Å²) >= 11 is 5.98. The SMILES string of the molecule is Cc1ccc(CCNC(=O)C2CCCN(Cc3nc(-c4ccc(Cl)cc4)oc3C)C2)cc1. The minimum Gasteiger partial charge on any atom is -0.441 e. The number of carbonyl (C=O) groups excluding carboxylic acids is 1. The fourth-order valence-electron chi connectivity index (χ4n) is 4.14. The summed E-state index contributed by atoms with van der Waals surface area (Å²) in [5.74, 6) is 1.60. The first kappa shape index (κ1) is 22.6. The van der Waals surface area contributed by atoms with Gasteiger partial charge in [0, 0.05) is 30.2 Å². The molecule has 1 N–H and O–H groups in total. The van der Waals surface area contributed by atoms with Crippen LogP contribution in [0.2, 0.25) is 5.02 Å². The zero-order valence-corrected chi connectivity index (χ0v) is 19.5. The molecule has 0 radical (unpaired) electrons. The van der Waals surface area contributed by atoms with Crippen LogP contribution in [0, 0.1) is 19.8 Å². The first-order valence-corrected chi connectivity index (χ1v) is 11.6. The largest absolute Gasteiger partial charge is 0.441 e. The Morgan fingerprint density at radius 2 is 1.91 bits per heavy atom. The molecule has 0 spiro atoms. The Morgan fingerprint density at radius 1 is 1.16 bits per heavy atom. The highest BCUT2D eigenvalue weighted by atomic mass is 35.5. The summed E-state index contributed by atoms with van der Waals surface area (Å²) in [5, 5.41) is 3.82. The number of nitrogens with zero attached hydrogens (tertiary/aromatic N) is 2. The van der Waals surface area contributed by atoms with Crippen LogP contribution < -0.4 is 5.32 Å². The molecule has 1 saturated heterocycles. The summed E-state index contributed by atoms with van der Waals surface area (Å²) < 4.78 is 5.90. The third-order valence-corrected chi connectivity index (χ3v) is 6.32. The van der Waals surface area contributed by atoms with E-state index in [1.54, 1.807) is 0 Å². The minimum atomic E-state index is 0.0183. The van der Waals surface area contributed by atoms with Gasteiger partial charge >= 0.3 is 0 Å². The molecule has 32 heavy (non-hydrogen) atoms. The Morgan fingerprint density at radius 3 is 2.66 bits per heavy atom. The molecule has 2 aromatic carbocycles. The Kier molecular flexibility index (Phi) is 7.28. The molecule has 2 heterocycles. The van der Waals surface area contributed by atoms with E-state index in [0.29, 0.717) is 24.0 Å². The number of likely N-dealkylation sites (tertiary alicyclic amines) is 1. The number of piperidine rings is 1. The van der Waals surface area contributed by atoms with Gasteiger partial charge in [-0.05, 0) is 69.5 Å². The van der Waals surface area contributed by atoms with Crippen molar-refractivity contribution in [3.05, 3.63) is 76.1 Å². The van der Waals surface area contributed by atoms with E-state index < -0.39 is 0 Å². The van der Waals surface area contributed by atoms with Crippen LogP contribution in [0.3, 0.4) is 0 Å². The van der Waals surface area contributed by atoms with Crippen molar-refractivity contribution < 1.29 is 9.21 Å². The molecular weight excluding hydrogens is 422 g/mol. The van der Waals surface area contributed by atoms with Gasteiger partial charge in [-0.2, -0.15) is 0 Å². The van der Waals surface area contributed by atoms with Crippen LogP contribution in [0.25, 0.3) is 11.5 Å². The maximum atomic E-state index is 12.7. The Balaban J connectivity index is 1.30. The van der Waals surface area contributed by atoms with Gasteiger partial charge in [-0.3, -0.25) is 9.69 Å². The van der Waals surface area contributed by atoms with Gasteiger partial charge < -0.3 is 9.73 Å². The van der Waals surface area contributed by atoms with Crippen molar-refractivity contribution in [1.29, 1.82) is 0 Å². The van der Waals surface area contributed by atoms with Crippen molar-refractivity contribution in [2.24, 2.45) is 5.92 Å². The summed E-state index contributed by atoms with van der Waals surface area (Å²) in [6.07, 6.45) is 2.80. The van der Waals surface area contributed by atoms with E-state index in [9.17, 15) is 4.79 Å². The molecule has 6 heteroatoms. The quantitative estimate of drug-likeness (QED) is 0.537. The second kappa shape index (κ2) is 10.3. The molecule has 1 aliphatic rings. The number of nitrogens with one attached hydrogen (secondary N) is 1. The van der Waals surface area contributed by atoms with Crippen molar-refractivity contribution in [1.82, 2.24) is 15.2 Å². The summed E-state index contributed by atoms with van der Waals surface area (Å²) in [6, 6.07) is 16.0. The number of halogens is 1. The van der Waals surface area contributed by atoms with Crippen molar-refractivity contribution >= 4 is 17.5 Å². The molecule has 3 aromatic rings. The van der Waals surface area contributed by atoms with Gasteiger partial charge in [-0.15, -0.1) is 0 Å². The normalized spacial score (nSPS) is 16.8. The molecule has 168 valence electrons. The van der Waals surface area contributed by atoms with E-state index in [1.807, 2.05) is 31.2 Å². The maximum Gasteiger partial charge on any atom is 0.226 e. The third kappa shape index (κ3) is 5.78. The fourth-order valence-corrected chi connectivity index (χ4v) is 4.27. The van der Waals surface area contributed by atoms with Crippen LogP contribution >= 0.6 is 11.6 Å². The van der Waals surface area contributed by atoms with E-state index in [0.717, 1.165) is 49.4 Å². The lowest BCUT2D eigenvalue weighted by Crippen LogP contribution is -2.43. The van der Waals surface area contributed by atoms with Gasteiger partial charge in [0.2, 0.25) is 11.8 Å². The van der Waals surface area contributed by atoms with Gasteiger partial charge in [-0.1, -0.05) is 41.4 Å². The Hall–Kier alpha value is -2.63. The van der Waals surface area contributed by atoms with E-state index in [4.69, 9.17) is 21.0 Å². The average Bonchev–Trinajstić information content (AvgIpc) is 3.16. The number of carbonyl (C=O) groups is 1. The van der Waals surface area contributed by atoms with Crippen LogP contribution in [0.4, 0.5) is 0 Å². The number of hydrogen-bond acceptors (Lipinski definition) is 4. The van der Waals surface area contributed by atoms with E-state index in [2.05, 4.69) is 41.4 Å². The summed E-state index contributed by atoms with van der Waals surface area (Å²) in [4.78, 5) is 19.8. The number of aromatic nitrogens is 1. The van der Waals surface area contributed by atoms with Crippen LogP contribution in [0.15, 0.2) is 52.9 Å². The standard InChI is InChI=1S/C26H30ClN3O2/c1-18-5-7-20(8-6-18)13-14-28-25(31)22-4-3-15-30(16-22)17-24-19(2)32-26(29-24)21-9-11-23(27)12-10-21/h5-12,22H,3-4,13-17H2,1-2H3,(H,28,31). The molecule has 1 unspecified atom stereocenters. The lowest BCUT2D eigenvalue weighted by atomic mass is 9.97. The number of hydrogen-bond donors (Lipinski definition) is 1. The zero-order valence-electron chi connectivity index (χ0n) is 18.7. The maximum absolute atomic E-state index is 12.7. The first-order chi connectivity index (χ1) is 15.5. The van der Waals surface area contributed by atoms with E-state index >= 15 is 0 Å². The van der Waals surface area contributed by atoms with Gasteiger partial charge in [-0.25, -0.2) is 4.98 Å². The molecule has 0 bridgehead atoms. The van der Waals surface area contributed by atoms with Gasteiger partial charge in [0.1, 0.15) is 5.76 Å². The zero-order chi connectivity index (χ0) is 22.5. The van der Waals surface area contributed by atoms with Gasteiger partial charge in [0.15, 0.2) is 0 Å². The first-order valence-electron chi connectivity index (χ1n) is 11.3. The minimum absolute atomic E-state index is 0.0183. The fraction of sp³-hybridized carbons (Fsp3) is 0.385. The van der Waals surface area contributed by atoms with Crippen molar-refractivity contribution in [2.45, 2.75) is 39.7 Å². The predicted molar refractivity (Wildman–Crippen MR) is 128 cm³/mol. The monoisotopic (exact) mass is 451 g/mol. The summed E-state index contributed by atoms with van der Waals surface area (Å²) in [7, 11) is 0. The predicted octanol–water partition coefficient (Wildman–Crippen LogP) is 5.18. The second-order valence-electron chi connectivity index (χ2n) is 8.63. The third-order valence-electron chi connectivity index (χ3n) is 6.07. The molecule has 1 atom stereocenters. The number of rotatable bonds is 7. The Labute approximate surface area is 194 Å². The topological polar surface area (TPSA) is 58.4 Å². The smallest absolute Gasteiger partial charge is 0.226 e. The highest BCUT2D eigenvalue weighted by Gasteiger charge is 2.26. The molecule has 1 aromatic heterocycles. The molecule has 1 amide bonds. The average molecular weight is 452 g/mol. The highest BCUT2D eigenvalue weighted by molar-refractivity contribution is 6.30. The number of amides is 1. The summed E-state index contributed by atoms with van der Waals surface area (Å²) in [6.45, 7) is 7.11. The molecule has 5 nitrogen and oxygen atoms in total. The molecule has 1 fully saturated rings. The van der Waals surface area contributed by atoms with Gasteiger partial charge in [0.25, 0.3) is 0 Å². The van der Waals surface area contributed by atoms with Crippen LogP contribution in [0.5, 0.6) is 0 Å². The lowest BCUT2D eigenvalue weighted by Gasteiger charge is -2.31. The summed E-state index contributed by atoms with van der Waals surface area (Å²) in [5.41, 5.74) is 4.34. The van der Waals surface area contributed by atoms with Crippen molar-refractivity contribution in [3.8, 4) is 11.5 Å².